The number of thiophene rings is 1. The number of Topliss-reactive ketones (excluding diaryl/α,β-unsaturated/α-hetero) is 1. The summed E-state index contributed by atoms with van der Waals surface area (Å²) in [6, 6.07) is 6.75. The molecule has 3 aromatic rings. The van der Waals surface area contributed by atoms with Crippen LogP contribution in [0.4, 0.5) is 11.5 Å². The van der Waals surface area contributed by atoms with Gasteiger partial charge in [-0.2, -0.15) is 0 Å². The molecule has 10 nitrogen and oxygen atoms in total. The average molecular weight is 452 g/mol. The first kappa shape index (κ1) is 18.9. The number of allylic oxidation sites excluding steroid dienone is 2. The van der Waals surface area contributed by atoms with E-state index in [9.17, 15) is 19.7 Å². The van der Waals surface area contributed by atoms with Crippen molar-refractivity contribution in [3.8, 4) is 11.5 Å². The fraction of sp³-hybridized carbons (Fsp3) is 0.238. The maximum Gasteiger partial charge on any atom is 0.277 e. The molecule has 0 bridgehead atoms. The molecular weight excluding hydrogens is 436 g/mol. The van der Waals surface area contributed by atoms with Gasteiger partial charge in [0, 0.05) is 34.0 Å². The van der Waals surface area contributed by atoms with Gasteiger partial charge in [0.1, 0.15) is 5.82 Å². The molecule has 2 atom stereocenters. The van der Waals surface area contributed by atoms with E-state index in [1.165, 1.54) is 12.1 Å². The molecule has 162 valence electrons. The third kappa shape index (κ3) is 2.71. The number of nitrogens with one attached hydrogen (secondary N) is 3. The predicted octanol–water partition coefficient (Wildman–Crippen LogP) is 3.36. The van der Waals surface area contributed by atoms with Crippen molar-refractivity contribution < 1.29 is 19.2 Å². The molecule has 0 fully saturated rings. The zero-order chi connectivity index (χ0) is 22.0. The van der Waals surface area contributed by atoms with Crippen LogP contribution in [0.5, 0.6) is 11.5 Å². The van der Waals surface area contributed by atoms with E-state index in [0.29, 0.717) is 29.3 Å². The molecule has 0 unspecified atom stereocenters. The number of carbonyl (C=O) groups is 1. The van der Waals surface area contributed by atoms with E-state index in [0.717, 1.165) is 4.88 Å². The number of hydrogen-bond acceptors (Lipinski definition) is 8. The van der Waals surface area contributed by atoms with Crippen molar-refractivity contribution in [2.75, 3.05) is 12.1 Å². The van der Waals surface area contributed by atoms with E-state index < -0.39 is 16.4 Å². The topological polar surface area (TPSA) is 139 Å². The predicted molar refractivity (Wildman–Crippen MR) is 114 cm³/mol. The van der Waals surface area contributed by atoms with Crippen molar-refractivity contribution in [3.05, 3.63) is 77.4 Å². The van der Waals surface area contributed by atoms with Gasteiger partial charge < -0.3 is 14.8 Å². The lowest BCUT2D eigenvalue weighted by Gasteiger charge is -2.34. The lowest BCUT2D eigenvalue weighted by Crippen LogP contribution is -2.31. The van der Waals surface area contributed by atoms with Crippen LogP contribution in [0, 0.1) is 10.1 Å². The first-order valence-electron chi connectivity index (χ1n) is 9.96. The van der Waals surface area contributed by atoms with Crippen molar-refractivity contribution in [1.29, 1.82) is 0 Å². The third-order valence-corrected chi connectivity index (χ3v) is 7.19. The SMILES string of the molecule is O=C1C[C@H](c2cccs2)CC2=C1[C@@H](c1cc3c(cc1[N+](=O)[O-])OCO3)c1c([nH][nH]c1=O)N2. The molecule has 0 radical (unpaired) electrons. The summed E-state index contributed by atoms with van der Waals surface area (Å²) in [6.07, 6.45) is 0.830. The molecule has 0 amide bonds. The van der Waals surface area contributed by atoms with Gasteiger partial charge in [-0.3, -0.25) is 29.9 Å². The molecule has 0 saturated carbocycles. The zero-order valence-electron chi connectivity index (χ0n) is 16.5. The van der Waals surface area contributed by atoms with E-state index in [4.69, 9.17) is 9.47 Å². The minimum Gasteiger partial charge on any atom is -0.454 e. The van der Waals surface area contributed by atoms with E-state index in [2.05, 4.69) is 15.5 Å². The zero-order valence-corrected chi connectivity index (χ0v) is 17.3. The number of H-pyrrole nitrogens is 2. The van der Waals surface area contributed by atoms with E-state index >= 15 is 0 Å². The van der Waals surface area contributed by atoms with E-state index in [1.54, 1.807) is 11.3 Å². The average Bonchev–Trinajstić information content (AvgIpc) is 3.52. The largest absolute Gasteiger partial charge is 0.454 e. The number of anilines is 1. The number of nitrogens with zero attached hydrogens (tertiary/aromatic N) is 1. The van der Waals surface area contributed by atoms with Gasteiger partial charge in [-0.25, -0.2) is 0 Å². The Morgan fingerprint density at radius 1 is 1.12 bits per heavy atom. The van der Waals surface area contributed by atoms with Gasteiger partial charge in [-0.05, 0) is 23.9 Å². The second-order valence-electron chi connectivity index (χ2n) is 7.88. The highest BCUT2D eigenvalue weighted by Crippen LogP contribution is 2.50. The van der Waals surface area contributed by atoms with Crippen molar-refractivity contribution in [3.63, 3.8) is 0 Å². The molecule has 1 aliphatic carbocycles. The van der Waals surface area contributed by atoms with E-state index in [-0.39, 0.29) is 47.5 Å². The smallest absolute Gasteiger partial charge is 0.277 e. The summed E-state index contributed by atoms with van der Waals surface area (Å²) in [7, 11) is 0. The maximum atomic E-state index is 13.4. The van der Waals surface area contributed by atoms with Gasteiger partial charge in [0.05, 0.1) is 22.5 Å². The van der Waals surface area contributed by atoms with Crippen molar-refractivity contribution in [2.45, 2.75) is 24.7 Å². The number of aromatic amines is 2. The summed E-state index contributed by atoms with van der Waals surface area (Å²) < 4.78 is 10.7. The normalized spacial score (nSPS) is 21.2. The molecule has 0 spiro atoms. The summed E-state index contributed by atoms with van der Waals surface area (Å²) in [5.41, 5.74) is 0.852. The van der Waals surface area contributed by atoms with Crippen LogP contribution in [-0.4, -0.2) is 27.7 Å². The summed E-state index contributed by atoms with van der Waals surface area (Å²) in [6.45, 7) is -0.0481. The summed E-state index contributed by atoms with van der Waals surface area (Å²) >= 11 is 1.59. The number of fused-ring (bicyclic) bond motifs is 2. The maximum absolute atomic E-state index is 13.4. The van der Waals surface area contributed by atoms with Gasteiger partial charge in [0.2, 0.25) is 6.79 Å². The third-order valence-electron chi connectivity index (χ3n) is 6.15. The monoisotopic (exact) mass is 452 g/mol. The molecule has 2 aromatic heterocycles. The first-order chi connectivity index (χ1) is 15.5. The highest BCUT2D eigenvalue weighted by Gasteiger charge is 2.43. The van der Waals surface area contributed by atoms with Crippen LogP contribution in [0.1, 0.15) is 40.7 Å². The van der Waals surface area contributed by atoms with Gasteiger partial charge in [-0.15, -0.1) is 11.3 Å². The first-order valence-corrected chi connectivity index (χ1v) is 10.8. The number of ketones is 1. The van der Waals surface area contributed by atoms with Gasteiger partial charge >= 0.3 is 0 Å². The molecule has 1 aromatic carbocycles. The number of benzene rings is 1. The van der Waals surface area contributed by atoms with Crippen LogP contribution in [0.15, 0.2) is 45.7 Å². The van der Waals surface area contributed by atoms with Crippen LogP contribution >= 0.6 is 11.3 Å². The highest BCUT2D eigenvalue weighted by atomic mass is 32.1. The molecular formula is C21H16N4O6S. The lowest BCUT2D eigenvalue weighted by molar-refractivity contribution is -0.385. The number of ether oxygens (including phenoxy) is 2. The molecule has 32 heavy (non-hydrogen) atoms. The van der Waals surface area contributed by atoms with Crippen molar-refractivity contribution in [2.24, 2.45) is 0 Å². The summed E-state index contributed by atoms with van der Waals surface area (Å²) in [5.74, 6) is -0.0129. The van der Waals surface area contributed by atoms with Crippen molar-refractivity contribution in [1.82, 2.24) is 10.2 Å². The van der Waals surface area contributed by atoms with Gasteiger partial charge in [0.25, 0.3) is 11.2 Å². The Morgan fingerprint density at radius 3 is 2.69 bits per heavy atom. The van der Waals surface area contributed by atoms with Crippen LogP contribution in [0.25, 0.3) is 0 Å². The number of hydrogen-bond donors (Lipinski definition) is 3. The summed E-state index contributed by atoms with van der Waals surface area (Å²) in [5, 5.41) is 22.5. The quantitative estimate of drug-likeness (QED) is 0.409. The lowest BCUT2D eigenvalue weighted by atomic mass is 9.73. The number of carbonyl (C=O) groups excluding carboxylic acids is 1. The number of nitro benzene ring substituents is 1. The van der Waals surface area contributed by atoms with Crippen molar-refractivity contribution >= 4 is 28.6 Å². The molecule has 11 heteroatoms. The minimum atomic E-state index is -0.900. The van der Waals surface area contributed by atoms with E-state index in [1.807, 2.05) is 17.5 Å². The fourth-order valence-electron chi connectivity index (χ4n) is 4.79. The Kier molecular flexibility index (Phi) is 4.02. The molecule has 0 saturated heterocycles. The Balaban J connectivity index is 1.56. The number of nitro groups is 1. The highest BCUT2D eigenvalue weighted by molar-refractivity contribution is 7.10. The Labute approximate surface area is 184 Å². The Hall–Kier alpha value is -3.86. The molecule has 3 N–H and O–H groups in total. The molecule has 6 rings (SSSR count). The van der Waals surface area contributed by atoms with Gasteiger partial charge in [-0.1, -0.05) is 6.07 Å². The van der Waals surface area contributed by atoms with Crippen LogP contribution in [0.2, 0.25) is 0 Å². The second kappa shape index (κ2) is 6.82. The second-order valence-corrected chi connectivity index (χ2v) is 8.86. The van der Waals surface area contributed by atoms with Crippen LogP contribution in [-0.2, 0) is 4.79 Å². The summed E-state index contributed by atoms with van der Waals surface area (Å²) in [4.78, 5) is 38.7. The van der Waals surface area contributed by atoms with Gasteiger partial charge in [0.15, 0.2) is 17.3 Å². The molecule has 3 aliphatic rings. The standard InChI is InChI=1S/C21H16N4O6S/c26-13-5-9(16-2-1-3-32-16)4-11-18(13)17(19-20(22-11)23-24-21(19)27)10-6-14-15(31-8-30-14)7-12(10)25(28)29/h1-3,6-7,9,17H,4-5,8H2,(H3,22,23,24,27)/t9-,17-/m1/s1. The van der Waals surface area contributed by atoms with Crippen LogP contribution in [0.3, 0.4) is 0 Å². The number of rotatable bonds is 3. The molecule has 2 aliphatic heterocycles. The Morgan fingerprint density at radius 2 is 1.94 bits per heavy atom. The fourth-order valence-corrected chi connectivity index (χ4v) is 5.62. The minimum absolute atomic E-state index is 0.00773. The van der Waals surface area contributed by atoms with Crippen LogP contribution < -0.4 is 20.3 Å². The Bertz CT molecular complexity index is 1370. The molecule has 4 heterocycles. The number of aromatic nitrogens is 2.